The van der Waals surface area contributed by atoms with Crippen molar-refractivity contribution in [2.75, 3.05) is 0 Å². The molecule has 0 aromatic carbocycles. The molecule has 1 rings (SSSR count). The van der Waals surface area contributed by atoms with Gasteiger partial charge in [-0.25, -0.2) is 4.98 Å². The van der Waals surface area contributed by atoms with Crippen molar-refractivity contribution in [1.29, 1.82) is 0 Å². The largest absolute Gasteiger partial charge is 0.598 e. The summed E-state index contributed by atoms with van der Waals surface area (Å²) in [5, 5.41) is -0.0832. The number of ether oxygens (including phenoxy) is 1. The minimum absolute atomic E-state index is 0.0339. The normalized spacial score (nSPS) is 16.0. The van der Waals surface area contributed by atoms with Crippen LogP contribution < -0.4 is 4.72 Å². The minimum Gasteiger partial charge on any atom is -0.598 e. The number of nitrogens with zero attached hydrogens (tertiary/aromatic N) is 1. The number of halogens is 1. The first-order chi connectivity index (χ1) is 10.4. The van der Waals surface area contributed by atoms with E-state index in [1.54, 1.807) is 12.1 Å². The van der Waals surface area contributed by atoms with Crippen molar-refractivity contribution in [3.8, 4) is 0 Å². The minimum atomic E-state index is -1.30. The third kappa shape index (κ3) is 6.79. The first kappa shape index (κ1) is 20.4. The molecule has 0 bridgehead atoms. The smallest absolute Gasteiger partial charge is 0.308 e. The van der Waals surface area contributed by atoms with E-state index in [2.05, 4.69) is 25.6 Å². The molecule has 1 aromatic rings. The maximum Gasteiger partial charge on any atom is 0.308 e. The van der Waals surface area contributed by atoms with Crippen LogP contribution in [0.4, 0.5) is 0 Å². The van der Waals surface area contributed by atoms with E-state index in [1.807, 2.05) is 47.6 Å². The van der Waals surface area contributed by atoms with E-state index in [4.69, 9.17) is 4.74 Å². The number of hydrogen-bond donors (Lipinski definition) is 1. The fourth-order valence-corrected chi connectivity index (χ4v) is 3.10. The number of hydrogen-bond acceptors (Lipinski definition) is 5. The summed E-state index contributed by atoms with van der Waals surface area (Å²) in [4.78, 5) is 16.7. The van der Waals surface area contributed by atoms with Gasteiger partial charge in [0.2, 0.25) is 0 Å². The molecule has 23 heavy (non-hydrogen) atoms. The first-order valence-electron chi connectivity index (χ1n) is 7.46. The molecule has 130 valence electrons. The first-order valence-corrected chi connectivity index (χ1v) is 9.47. The van der Waals surface area contributed by atoms with Gasteiger partial charge in [-0.15, -0.1) is 4.72 Å². The van der Waals surface area contributed by atoms with E-state index in [-0.39, 0.29) is 17.6 Å². The van der Waals surface area contributed by atoms with Crippen molar-refractivity contribution in [2.24, 2.45) is 0 Å². The summed E-state index contributed by atoms with van der Waals surface area (Å²) in [6, 6.07) is 5.44. The van der Waals surface area contributed by atoms with Gasteiger partial charge in [-0.1, -0.05) is 6.07 Å². The predicted octanol–water partition coefficient (Wildman–Crippen LogP) is 3.45. The number of nitrogens with one attached hydrogen (secondary N) is 1. The number of carbonyl (C=O) groups excluding carboxylic acids is 1. The van der Waals surface area contributed by atoms with Crippen molar-refractivity contribution < 1.29 is 14.1 Å². The van der Waals surface area contributed by atoms with Crippen LogP contribution in [-0.4, -0.2) is 26.4 Å². The molecule has 0 fully saturated rings. The van der Waals surface area contributed by atoms with E-state index >= 15 is 0 Å². The number of pyridine rings is 1. The zero-order chi connectivity index (χ0) is 17.8. The third-order valence-corrected chi connectivity index (χ3v) is 4.90. The highest BCUT2D eigenvalue weighted by Crippen LogP contribution is 2.27. The second-order valence-corrected chi connectivity index (χ2v) is 9.44. The SMILES string of the molecule is CC(C)[S+]([O-])N[C@@](C)(CC(=O)OC(C)(C)C)c1cccc(Br)n1. The van der Waals surface area contributed by atoms with E-state index in [0.29, 0.717) is 10.3 Å². The van der Waals surface area contributed by atoms with Gasteiger partial charge in [0.1, 0.15) is 21.0 Å². The van der Waals surface area contributed by atoms with Gasteiger partial charge < -0.3 is 9.29 Å². The van der Waals surface area contributed by atoms with Crippen molar-refractivity contribution in [1.82, 2.24) is 9.71 Å². The molecule has 0 aliphatic rings. The van der Waals surface area contributed by atoms with Gasteiger partial charge in [-0.2, -0.15) is 0 Å². The Morgan fingerprint density at radius 2 is 2.00 bits per heavy atom. The monoisotopic (exact) mass is 404 g/mol. The summed E-state index contributed by atoms with van der Waals surface area (Å²) >= 11 is 2.03. The Bertz CT molecular complexity index is 548. The quantitative estimate of drug-likeness (QED) is 0.446. The van der Waals surface area contributed by atoms with Crippen LogP contribution in [0.5, 0.6) is 0 Å². The number of aromatic nitrogens is 1. The number of rotatable bonds is 6. The highest BCUT2D eigenvalue weighted by molar-refractivity contribution is 9.10. The highest BCUT2D eigenvalue weighted by atomic mass is 79.9. The summed E-state index contributed by atoms with van der Waals surface area (Å²) in [6.07, 6.45) is 0.0339. The Morgan fingerprint density at radius 1 is 1.39 bits per heavy atom. The Morgan fingerprint density at radius 3 is 2.48 bits per heavy atom. The van der Waals surface area contributed by atoms with E-state index in [9.17, 15) is 9.35 Å². The van der Waals surface area contributed by atoms with E-state index in [1.165, 1.54) is 0 Å². The summed E-state index contributed by atoms with van der Waals surface area (Å²) in [6.45, 7) is 11.0. The van der Waals surface area contributed by atoms with Crippen LogP contribution in [0.25, 0.3) is 0 Å². The number of esters is 1. The van der Waals surface area contributed by atoms with Crippen molar-refractivity contribution >= 4 is 33.3 Å². The lowest BCUT2D eigenvalue weighted by molar-refractivity contribution is -0.156. The van der Waals surface area contributed by atoms with Gasteiger partial charge in [0.05, 0.1) is 12.1 Å². The molecule has 1 N–H and O–H groups in total. The number of carbonyl (C=O) groups is 1. The molecule has 1 aromatic heterocycles. The average molecular weight is 405 g/mol. The molecular weight excluding hydrogens is 380 g/mol. The topological polar surface area (TPSA) is 74.3 Å². The van der Waals surface area contributed by atoms with Crippen molar-refractivity contribution in [3.05, 3.63) is 28.5 Å². The van der Waals surface area contributed by atoms with Crippen LogP contribution in [0, 0.1) is 0 Å². The molecule has 0 spiro atoms. The van der Waals surface area contributed by atoms with Gasteiger partial charge in [0.15, 0.2) is 0 Å². The van der Waals surface area contributed by atoms with Gasteiger partial charge in [-0.05, 0) is 69.6 Å². The lowest BCUT2D eigenvalue weighted by atomic mass is 9.94. The molecule has 0 radical (unpaired) electrons. The summed E-state index contributed by atoms with van der Waals surface area (Å²) in [5.74, 6) is -0.366. The predicted molar refractivity (Wildman–Crippen MR) is 96.2 cm³/mol. The van der Waals surface area contributed by atoms with Crippen LogP contribution in [0.3, 0.4) is 0 Å². The highest BCUT2D eigenvalue weighted by Gasteiger charge is 2.38. The molecule has 1 unspecified atom stereocenters. The van der Waals surface area contributed by atoms with Crippen molar-refractivity contribution in [3.63, 3.8) is 0 Å². The Labute approximate surface area is 150 Å². The zero-order valence-electron chi connectivity index (χ0n) is 14.5. The molecule has 0 aliphatic heterocycles. The Hall–Kier alpha value is -0.630. The molecule has 0 amide bonds. The second-order valence-electron chi connectivity index (χ2n) is 6.89. The van der Waals surface area contributed by atoms with Crippen LogP contribution in [0.15, 0.2) is 22.8 Å². The second kappa shape index (κ2) is 7.96. The molecule has 0 aliphatic carbocycles. The summed E-state index contributed by atoms with van der Waals surface area (Å²) in [5.41, 5.74) is -0.826. The molecule has 7 heteroatoms. The van der Waals surface area contributed by atoms with Crippen LogP contribution in [0.1, 0.15) is 53.7 Å². The van der Waals surface area contributed by atoms with Crippen LogP contribution >= 0.6 is 15.9 Å². The Balaban J connectivity index is 3.08. The molecule has 0 saturated heterocycles. The fourth-order valence-electron chi connectivity index (χ4n) is 1.90. The standard InChI is InChI=1S/C16H25BrN2O3S/c1-11(2)23(21)19-16(6,10-14(20)22-15(3,4)5)12-8-7-9-13(17)18-12/h7-9,11,19H,10H2,1-6H3/t16-,23?/m0/s1. The average Bonchev–Trinajstić information content (AvgIpc) is 2.35. The van der Waals surface area contributed by atoms with Crippen LogP contribution in [-0.2, 0) is 26.4 Å². The summed E-state index contributed by atoms with van der Waals surface area (Å²) in [7, 11) is 0. The molecular formula is C16H25BrN2O3S. The maximum absolute atomic E-state index is 12.3. The zero-order valence-corrected chi connectivity index (χ0v) is 16.9. The molecule has 5 nitrogen and oxygen atoms in total. The van der Waals surface area contributed by atoms with Crippen LogP contribution in [0.2, 0.25) is 0 Å². The lowest BCUT2D eigenvalue weighted by Gasteiger charge is -2.31. The van der Waals surface area contributed by atoms with Gasteiger partial charge >= 0.3 is 5.97 Å². The molecule has 0 saturated carbocycles. The van der Waals surface area contributed by atoms with Gasteiger partial charge in [0.25, 0.3) is 0 Å². The van der Waals surface area contributed by atoms with E-state index in [0.717, 1.165) is 0 Å². The molecule has 1 heterocycles. The van der Waals surface area contributed by atoms with Crippen molar-refractivity contribution in [2.45, 2.75) is 64.4 Å². The van der Waals surface area contributed by atoms with Gasteiger partial charge in [0, 0.05) is 11.4 Å². The fraction of sp³-hybridized carbons (Fsp3) is 0.625. The third-order valence-electron chi connectivity index (χ3n) is 2.95. The Kier molecular flexibility index (Phi) is 7.07. The van der Waals surface area contributed by atoms with Gasteiger partial charge in [-0.3, -0.25) is 4.79 Å². The maximum atomic E-state index is 12.3. The lowest BCUT2D eigenvalue weighted by Crippen LogP contribution is -2.48. The van der Waals surface area contributed by atoms with E-state index < -0.39 is 22.5 Å². The molecule has 2 atom stereocenters. The summed E-state index contributed by atoms with van der Waals surface area (Å²) < 4.78 is 21.4.